The molecule has 0 fully saturated rings. The smallest absolute Gasteiger partial charge is 0.313 e. The molecule has 0 unspecified atom stereocenters. The highest BCUT2D eigenvalue weighted by Gasteiger charge is 2.17. The second kappa shape index (κ2) is 6.68. The summed E-state index contributed by atoms with van der Waals surface area (Å²) in [5.74, 6) is -1.07. The van der Waals surface area contributed by atoms with Crippen molar-refractivity contribution in [2.75, 3.05) is 24.7 Å². The minimum Gasteiger partial charge on any atom is -0.481 e. The van der Waals surface area contributed by atoms with Crippen LogP contribution in [0.5, 0.6) is 0 Å². The molecule has 0 aliphatic heterocycles. The van der Waals surface area contributed by atoms with E-state index in [1.165, 1.54) is 0 Å². The molecule has 0 aliphatic carbocycles. The number of carboxylic acids is 1. The normalized spacial score (nSPS) is 11.1. The molecule has 6 heteroatoms. The van der Waals surface area contributed by atoms with Gasteiger partial charge in [0.25, 0.3) is 0 Å². The lowest BCUT2D eigenvalue weighted by atomic mass is 9.95. The van der Waals surface area contributed by atoms with E-state index in [0.29, 0.717) is 6.54 Å². The van der Waals surface area contributed by atoms with E-state index in [-0.39, 0.29) is 29.4 Å². The van der Waals surface area contributed by atoms with E-state index in [2.05, 4.69) is 5.32 Å². The molecule has 0 aliphatic rings. The monoisotopic (exact) mass is 235 g/mol. The summed E-state index contributed by atoms with van der Waals surface area (Å²) in [6, 6.07) is 0. The zero-order chi connectivity index (χ0) is 11.9. The molecule has 15 heavy (non-hydrogen) atoms. The number of carboxylic acid groups (broad SMARTS) is 1. The van der Waals surface area contributed by atoms with Crippen molar-refractivity contribution in [3.63, 3.8) is 0 Å². The molecule has 0 bridgehead atoms. The molecule has 5 nitrogen and oxygen atoms in total. The van der Waals surface area contributed by atoms with Crippen molar-refractivity contribution in [3.8, 4) is 0 Å². The molecular weight excluding hydrogens is 218 g/mol. The third-order valence-electron chi connectivity index (χ3n) is 1.65. The van der Waals surface area contributed by atoms with Crippen LogP contribution in [-0.2, 0) is 9.59 Å². The SMILES string of the molecule is CC(C)(CO)CNC(=O)CSCC(=O)O. The first-order valence-electron chi connectivity index (χ1n) is 4.54. The molecule has 0 atom stereocenters. The number of hydrogen-bond donors (Lipinski definition) is 3. The van der Waals surface area contributed by atoms with Crippen LogP contribution in [0.4, 0.5) is 0 Å². The van der Waals surface area contributed by atoms with Gasteiger partial charge in [0.2, 0.25) is 5.91 Å². The van der Waals surface area contributed by atoms with Crippen molar-refractivity contribution in [1.82, 2.24) is 5.32 Å². The summed E-state index contributed by atoms with van der Waals surface area (Å²) in [6.07, 6.45) is 0. The van der Waals surface area contributed by atoms with E-state index in [1.807, 2.05) is 13.8 Å². The van der Waals surface area contributed by atoms with Gasteiger partial charge in [0, 0.05) is 18.6 Å². The van der Waals surface area contributed by atoms with E-state index in [4.69, 9.17) is 10.2 Å². The fraction of sp³-hybridized carbons (Fsp3) is 0.778. The number of thioether (sulfide) groups is 1. The second-order valence-electron chi connectivity index (χ2n) is 3.99. The molecule has 0 aromatic carbocycles. The van der Waals surface area contributed by atoms with Gasteiger partial charge in [-0.05, 0) is 0 Å². The van der Waals surface area contributed by atoms with Gasteiger partial charge in [0.15, 0.2) is 0 Å². The zero-order valence-electron chi connectivity index (χ0n) is 8.95. The van der Waals surface area contributed by atoms with Crippen molar-refractivity contribution < 1.29 is 19.8 Å². The first-order chi connectivity index (χ1) is 6.87. The summed E-state index contributed by atoms with van der Waals surface area (Å²) in [5.41, 5.74) is -0.340. The summed E-state index contributed by atoms with van der Waals surface area (Å²) in [6.45, 7) is 4.04. The van der Waals surface area contributed by atoms with Crippen molar-refractivity contribution in [1.29, 1.82) is 0 Å². The average Bonchev–Trinajstić information content (AvgIpc) is 2.14. The van der Waals surface area contributed by atoms with E-state index in [9.17, 15) is 9.59 Å². The number of aliphatic carboxylic acids is 1. The van der Waals surface area contributed by atoms with E-state index in [0.717, 1.165) is 11.8 Å². The molecule has 1 amide bonds. The Hall–Kier alpha value is -0.750. The molecule has 0 spiro atoms. The van der Waals surface area contributed by atoms with E-state index in [1.54, 1.807) is 0 Å². The predicted octanol–water partition coefficient (Wildman–Crippen LogP) is -0.0611. The Labute approximate surface area is 93.2 Å². The number of amides is 1. The number of nitrogens with one attached hydrogen (secondary N) is 1. The largest absolute Gasteiger partial charge is 0.481 e. The predicted molar refractivity (Wildman–Crippen MR) is 58.8 cm³/mol. The molecule has 0 rings (SSSR count). The molecule has 0 saturated carbocycles. The number of hydrogen-bond acceptors (Lipinski definition) is 4. The lowest BCUT2D eigenvalue weighted by Crippen LogP contribution is -2.37. The number of carbonyl (C=O) groups is 2. The van der Waals surface area contributed by atoms with Crippen LogP contribution in [0.1, 0.15) is 13.8 Å². The van der Waals surface area contributed by atoms with Crippen LogP contribution in [0, 0.1) is 5.41 Å². The van der Waals surface area contributed by atoms with Crippen LogP contribution >= 0.6 is 11.8 Å². The fourth-order valence-corrected chi connectivity index (χ4v) is 1.24. The van der Waals surface area contributed by atoms with Gasteiger partial charge < -0.3 is 15.5 Å². The molecule has 0 saturated heterocycles. The van der Waals surface area contributed by atoms with Crippen molar-refractivity contribution in [2.24, 2.45) is 5.41 Å². The molecule has 0 radical (unpaired) electrons. The molecule has 0 heterocycles. The Morgan fingerprint density at radius 2 is 1.93 bits per heavy atom. The van der Waals surface area contributed by atoms with Gasteiger partial charge in [-0.1, -0.05) is 13.8 Å². The quantitative estimate of drug-likeness (QED) is 0.575. The van der Waals surface area contributed by atoms with E-state index >= 15 is 0 Å². The summed E-state index contributed by atoms with van der Waals surface area (Å²) < 4.78 is 0. The second-order valence-corrected chi connectivity index (χ2v) is 4.97. The topological polar surface area (TPSA) is 86.6 Å². The van der Waals surface area contributed by atoms with Gasteiger partial charge in [-0.15, -0.1) is 11.8 Å². The first kappa shape index (κ1) is 14.2. The lowest BCUT2D eigenvalue weighted by Gasteiger charge is -2.21. The van der Waals surface area contributed by atoms with Crippen molar-refractivity contribution in [3.05, 3.63) is 0 Å². The Morgan fingerprint density at radius 1 is 1.33 bits per heavy atom. The van der Waals surface area contributed by atoms with Gasteiger partial charge in [-0.3, -0.25) is 9.59 Å². The highest BCUT2D eigenvalue weighted by Crippen LogP contribution is 2.11. The van der Waals surface area contributed by atoms with Gasteiger partial charge in [-0.2, -0.15) is 0 Å². The van der Waals surface area contributed by atoms with Gasteiger partial charge in [-0.25, -0.2) is 0 Å². The summed E-state index contributed by atoms with van der Waals surface area (Å²) in [4.78, 5) is 21.3. The molecule has 0 aromatic heterocycles. The highest BCUT2D eigenvalue weighted by atomic mass is 32.2. The summed E-state index contributed by atoms with van der Waals surface area (Å²) >= 11 is 1.05. The summed E-state index contributed by atoms with van der Waals surface area (Å²) in [5, 5.41) is 19.9. The molecule has 3 N–H and O–H groups in total. The van der Waals surface area contributed by atoms with Crippen molar-refractivity contribution in [2.45, 2.75) is 13.8 Å². The van der Waals surface area contributed by atoms with Crippen LogP contribution in [-0.4, -0.2) is 46.7 Å². The highest BCUT2D eigenvalue weighted by molar-refractivity contribution is 8.00. The number of aliphatic hydroxyl groups is 1. The van der Waals surface area contributed by atoms with Gasteiger partial charge in [0.05, 0.1) is 11.5 Å². The van der Waals surface area contributed by atoms with E-state index < -0.39 is 5.97 Å². The maximum Gasteiger partial charge on any atom is 0.313 e. The van der Waals surface area contributed by atoms with Gasteiger partial charge in [0.1, 0.15) is 0 Å². The Balaban J connectivity index is 3.62. The maximum atomic E-state index is 11.2. The minimum absolute atomic E-state index is 0.00442. The Morgan fingerprint density at radius 3 is 2.40 bits per heavy atom. The van der Waals surface area contributed by atoms with Crippen LogP contribution in [0.15, 0.2) is 0 Å². The number of rotatable bonds is 7. The standard InChI is InChI=1S/C9H17NO4S/c1-9(2,6-11)5-10-7(12)3-15-4-8(13)14/h11H,3-6H2,1-2H3,(H,10,12)(H,13,14). The Kier molecular flexibility index (Phi) is 6.35. The average molecular weight is 235 g/mol. The first-order valence-corrected chi connectivity index (χ1v) is 5.70. The van der Waals surface area contributed by atoms with Crippen LogP contribution in [0.25, 0.3) is 0 Å². The Bertz CT molecular complexity index is 230. The molecule has 0 aromatic rings. The lowest BCUT2D eigenvalue weighted by molar-refractivity contribution is -0.133. The zero-order valence-corrected chi connectivity index (χ0v) is 9.76. The van der Waals surface area contributed by atoms with Crippen LogP contribution in [0.2, 0.25) is 0 Å². The fourth-order valence-electron chi connectivity index (χ4n) is 0.676. The molecule has 88 valence electrons. The third kappa shape index (κ3) is 8.26. The maximum absolute atomic E-state index is 11.2. The third-order valence-corrected chi connectivity index (χ3v) is 2.57. The van der Waals surface area contributed by atoms with Crippen LogP contribution in [0.3, 0.4) is 0 Å². The number of carbonyl (C=O) groups excluding carboxylic acids is 1. The summed E-state index contributed by atoms with van der Waals surface area (Å²) in [7, 11) is 0. The van der Waals surface area contributed by atoms with Crippen molar-refractivity contribution >= 4 is 23.6 Å². The number of aliphatic hydroxyl groups excluding tert-OH is 1. The molecular formula is C9H17NO4S. The van der Waals surface area contributed by atoms with Gasteiger partial charge >= 0.3 is 5.97 Å². The van der Waals surface area contributed by atoms with Crippen LogP contribution < -0.4 is 5.32 Å². The minimum atomic E-state index is -0.927.